The van der Waals surface area contributed by atoms with Crippen LogP contribution >= 0.6 is 11.3 Å². The minimum atomic E-state index is 0.0392. The summed E-state index contributed by atoms with van der Waals surface area (Å²) in [7, 11) is 0. The second kappa shape index (κ2) is 9.36. The zero-order valence-electron chi connectivity index (χ0n) is 17.6. The van der Waals surface area contributed by atoms with Crippen LogP contribution in [0.2, 0.25) is 0 Å². The number of nitrogens with zero attached hydrogens (tertiary/aromatic N) is 4. The van der Waals surface area contributed by atoms with Crippen molar-refractivity contribution in [1.82, 2.24) is 19.7 Å². The normalized spacial score (nSPS) is 14.4. The van der Waals surface area contributed by atoms with Crippen molar-refractivity contribution in [2.24, 2.45) is 0 Å². The number of hydrogen-bond acceptors (Lipinski definition) is 5. The van der Waals surface area contributed by atoms with Crippen LogP contribution < -0.4 is 4.74 Å². The largest absolute Gasteiger partial charge is 0.487 e. The molecule has 0 saturated carbocycles. The molecule has 1 amide bonds. The van der Waals surface area contributed by atoms with Crippen molar-refractivity contribution in [2.75, 3.05) is 13.1 Å². The van der Waals surface area contributed by atoms with Crippen LogP contribution in [0.5, 0.6) is 5.75 Å². The molecule has 7 heteroatoms. The number of rotatable bonds is 6. The Morgan fingerprint density at radius 1 is 1.03 bits per heavy atom. The molecule has 4 aromatic rings. The standard InChI is InChI=1S/C25H24N4O2S/c30-25(28-13-11-21(12-14-28)29-18-26-17-27-29)24-22(31-16-19-7-3-1-4-8-19)15-23(32-24)20-9-5-2-6-10-20/h1-10,15,17-18,21H,11-14,16H2. The molecule has 1 fully saturated rings. The molecule has 3 heterocycles. The average Bonchev–Trinajstić information content (AvgIpc) is 3.54. The van der Waals surface area contributed by atoms with Crippen LogP contribution in [0.15, 0.2) is 79.4 Å². The third-order valence-corrected chi connectivity index (χ3v) is 6.90. The van der Waals surface area contributed by atoms with Crippen LogP contribution in [-0.4, -0.2) is 38.7 Å². The monoisotopic (exact) mass is 444 g/mol. The summed E-state index contributed by atoms with van der Waals surface area (Å²) in [6.07, 6.45) is 5.05. The predicted molar refractivity (Wildman–Crippen MR) is 125 cm³/mol. The quantitative estimate of drug-likeness (QED) is 0.417. The number of amides is 1. The number of likely N-dealkylation sites (tertiary alicyclic amines) is 1. The van der Waals surface area contributed by atoms with Gasteiger partial charge in [0, 0.05) is 18.0 Å². The highest BCUT2D eigenvalue weighted by molar-refractivity contribution is 7.17. The van der Waals surface area contributed by atoms with Crippen molar-refractivity contribution < 1.29 is 9.53 Å². The Hall–Kier alpha value is -3.45. The molecular formula is C25H24N4O2S. The van der Waals surface area contributed by atoms with Gasteiger partial charge >= 0.3 is 0 Å². The Bertz CT molecular complexity index is 1150. The van der Waals surface area contributed by atoms with Crippen molar-refractivity contribution >= 4 is 17.2 Å². The number of piperidine rings is 1. The van der Waals surface area contributed by atoms with E-state index in [1.165, 1.54) is 11.3 Å². The SMILES string of the molecule is O=C(c1sc(-c2ccccc2)cc1OCc1ccccc1)N1CCC(n2cncn2)CC1. The highest BCUT2D eigenvalue weighted by Gasteiger charge is 2.28. The highest BCUT2D eigenvalue weighted by atomic mass is 32.1. The van der Waals surface area contributed by atoms with Gasteiger partial charge in [-0.05, 0) is 30.0 Å². The van der Waals surface area contributed by atoms with E-state index in [9.17, 15) is 4.79 Å². The lowest BCUT2D eigenvalue weighted by Crippen LogP contribution is -2.39. The minimum absolute atomic E-state index is 0.0392. The molecule has 0 N–H and O–H groups in total. The van der Waals surface area contributed by atoms with E-state index in [0.29, 0.717) is 36.4 Å². The fourth-order valence-electron chi connectivity index (χ4n) is 3.99. The second-order valence-electron chi connectivity index (χ2n) is 7.84. The number of hydrogen-bond donors (Lipinski definition) is 0. The number of thiophene rings is 1. The molecule has 0 radical (unpaired) electrons. The van der Waals surface area contributed by atoms with E-state index in [1.807, 2.05) is 64.2 Å². The van der Waals surface area contributed by atoms with Crippen LogP contribution in [0.3, 0.4) is 0 Å². The third-order valence-electron chi connectivity index (χ3n) is 5.75. The van der Waals surface area contributed by atoms with Gasteiger partial charge in [-0.3, -0.25) is 4.79 Å². The Morgan fingerprint density at radius 2 is 1.75 bits per heavy atom. The maximum Gasteiger partial charge on any atom is 0.267 e. The zero-order valence-corrected chi connectivity index (χ0v) is 18.4. The first-order chi connectivity index (χ1) is 15.8. The fraction of sp³-hybridized carbons (Fsp3) is 0.240. The lowest BCUT2D eigenvalue weighted by Gasteiger charge is -2.31. The van der Waals surface area contributed by atoms with Gasteiger partial charge < -0.3 is 9.64 Å². The van der Waals surface area contributed by atoms with Crippen molar-refractivity contribution in [3.8, 4) is 16.2 Å². The lowest BCUT2D eigenvalue weighted by atomic mass is 10.1. The van der Waals surface area contributed by atoms with Crippen LogP contribution in [0, 0.1) is 0 Å². The van der Waals surface area contributed by atoms with Crippen LogP contribution in [0.4, 0.5) is 0 Å². The molecule has 32 heavy (non-hydrogen) atoms. The third kappa shape index (κ3) is 4.43. The molecule has 0 atom stereocenters. The number of benzene rings is 2. The molecule has 0 bridgehead atoms. The average molecular weight is 445 g/mol. The number of ether oxygens (including phenoxy) is 1. The molecule has 6 nitrogen and oxygen atoms in total. The Labute approximate surface area is 191 Å². The van der Waals surface area contributed by atoms with Gasteiger partial charge in [-0.1, -0.05) is 60.7 Å². The Kier molecular flexibility index (Phi) is 5.98. The molecule has 1 saturated heterocycles. The Morgan fingerprint density at radius 3 is 2.44 bits per heavy atom. The summed E-state index contributed by atoms with van der Waals surface area (Å²) >= 11 is 1.50. The molecule has 0 spiro atoms. The molecular weight excluding hydrogens is 420 g/mol. The van der Waals surface area contributed by atoms with Crippen LogP contribution in [-0.2, 0) is 6.61 Å². The van der Waals surface area contributed by atoms with Crippen LogP contribution in [0.25, 0.3) is 10.4 Å². The van der Waals surface area contributed by atoms with Gasteiger partial charge in [0.15, 0.2) is 0 Å². The summed E-state index contributed by atoms with van der Waals surface area (Å²) in [5, 5.41) is 4.26. The van der Waals surface area contributed by atoms with Gasteiger partial charge in [-0.15, -0.1) is 11.3 Å². The minimum Gasteiger partial charge on any atom is -0.487 e. The summed E-state index contributed by atoms with van der Waals surface area (Å²) in [5.41, 5.74) is 2.16. The zero-order chi connectivity index (χ0) is 21.8. The maximum atomic E-state index is 13.5. The predicted octanol–water partition coefficient (Wildman–Crippen LogP) is 5.06. The first-order valence-corrected chi connectivity index (χ1v) is 11.6. The van der Waals surface area contributed by atoms with E-state index in [4.69, 9.17) is 4.74 Å². The topological polar surface area (TPSA) is 60.2 Å². The van der Waals surface area contributed by atoms with E-state index in [-0.39, 0.29) is 5.91 Å². The van der Waals surface area contributed by atoms with E-state index in [1.54, 1.807) is 12.7 Å². The smallest absolute Gasteiger partial charge is 0.267 e. The van der Waals surface area contributed by atoms with Crippen molar-refractivity contribution in [1.29, 1.82) is 0 Å². The lowest BCUT2D eigenvalue weighted by molar-refractivity contribution is 0.0690. The second-order valence-corrected chi connectivity index (χ2v) is 8.90. The number of carbonyl (C=O) groups excluding carboxylic acids is 1. The van der Waals surface area contributed by atoms with E-state index in [0.717, 1.165) is 28.8 Å². The first-order valence-electron chi connectivity index (χ1n) is 10.8. The fourth-order valence-corrected chi connectivity index (χ4v) is 5.07. The number of carbonyl (C=O) groups is 1. The highest BCUT2D eigenvalue weighted by Crippen LogP contribution is 2.38. The van der Waals surface area contributed by atoms with Gasteiger partial charge in [-0.25, -0.2) is 9.67 Å². The Balaban J connectivity index is 1.36. The molecule has 2 aromatic heterocycles. The van der Waals surface area contributed by atoms with E-state index < -0.39 is 0 Å². The molecule has 2 aromatic carbocycles. The van der Waals surface area contributed by atoms with Gasteiger partial charge in [-0.2, -0.15) is 5.10 Å². The summed E-state index contributed by atoms with van der Waals surface area (Å²) in [5.74, 6) is 0.693. The summed E-state index contributed by atoms with van der Waals surface area (Å²) in [6.45, 7) is 1.82. The molecule has 1 aliphatic rings. The summed E-state index contributed by atoms with van der Waals surface area (Å²) < 4.78 is 8.06. The summed E-state index contributed by atoms with van der Waals surface area (Å²) in [4.78, 5) is 21.2. The first kappa shape index (κ1) is 20.5. The van der Waals surface area contributed by atoms with Gasteiger partial charge in [0.2, 0.25) is 0 Å². The van der Waals surface area contributed by atoms with Gasteiger partial charge in [0.25, 0.3) is 5.91 Å². The molecule has 0 unspecified atom stereocenters. The van der Waals surface area contributed by atoms with Crippen molar-refractivity contribution in [2.45, 2.75) is 25.5 Å². The molecule has 5 rings (SSSR count). The molecule has 162 valence electrons. The van der Waals surface area contributed by atoms with Crippen LogP contribution in [0.1, 0.15) is 34.1 Å². The maximum absolute atomic E-state index is 13.5. The van der Waals surface area contributed by atoms with Crippen molar-refractivity contribution in [3.63, 3.8) is 0 Å². The van der Waals surface area contributed by atoms with E-state index in [2.05, 4.69) is 22.2 Å². The van der Waals surface area contributed by atoms with E-state index >= 15 is 0 Å². The summed E-state index contributed by atoms with van der Waals surface area (Å²) in [6, 6.07) is 22.5. The van der Waals surface area contributed by atoms with Gasteiger partial charge in [0.1, 0.15) is 29.9 Å². The van der Waals surface area contributed by atoms with Gasteiger partial charge in [0.05, 0.1) is 6.04 Å². The van der Waals surface area contributed by atoms with Crippen molar-refractivity contribution in [3.05, 3.63) is 89.8 Å². The molecule has 0 aliphatic carbocycles. The number of aromatic nitrogens is 3. The molecule has 1 aliphatic heterocycles.